The molecule has 0 aliphatic rings. The lowest BCUT2D eigenvalue weighted by molar-refractivity contribution is -0.127. The van der Waals surface area contributed by atoms with E-state index in [2.05, 4.69) is 19.2 Å². The molecule has 1 aromatic carbocycles. The average Bonchev–Trinajstić information content (AvgIpc) is 2.38. The van der Waals surface area contributed by atoms with Gasteiger partial charge in [0.05, 0.1) is 5.41 Å². The van der Waals surface area contributed by atoms with E-state index in [1.165, 1.54) is 0 Å². The third kappa shape index (κ3) is 4.07. The Bertz CT molecular complexity index is 440. The van der Waals surface area contributed by atoms with Crippen LogP contribution >= 0.6 is 0 Å². The van der Waals surface area contributed by atoms with Crippen molar-refractivity contribution in [3.05, 3.63) is 35.9 Å². The standard InChI is InChI=1S/C17H28N2O/c1-13(2)11-17(5,12-18)19-15(20)16(3,4)14-9-7-6-8-10-14/h6-10,13H,11-12,18H2,1-5H3,(H,19,20). The molecular weight excluding hydrogens is 248 g/mol. The SMILES string of the molecule is CC(C)CC(C)(CN)NC(=O)C(C)(C)c1ccccc1. The Hall–Kier alpha value is -1.35. The Labute approximate surface area is 122 Å². The molecule has 0 heterocycles. The Kier molecular flexibility index (Phi) is 5.35. The van der Waals surface area contributed by atoms with Gasteiger partial charge in [0.1, 0.15) is 0 Å². The largest absolute Gasteiger partial charge is 0.349 e. The van der Waals surface area contributed by atoms with Crippen molar-refractivity contribution in [1.29, 1.82) is 0 Å². The van der Waals surface area contributed by atoms with Gasteiger partial charge in [-0.05, 0) is 38.7 Å². The summed E-state index contributed by atoms with van der Waals surface area (Å²) >= 11 is 0. The van der Waals surface area contributed by atoms with Crippen LogP contribution in [-0.2, 0) is 10.2 Å². The van der Waals surface area contributed by atoms with Gasteiger partial charge in [-0.2, -0.15) is 0 Å². The fourth-order valence-electron chi connectivity index (χ4n) is 2.50. The highest BCUT2D eigenvalue weighted by atomic mass is 16.2. The van der Waals surface area contributed by atoms with Crippen LogP contribution in [0, 0.1) is 5.92 Å². The second-order valence-corrected chi connectivity index (χ2v) is 6.81. The summed E-state index contributed by atoms with van der Waals surface area (Å²) in [5.41, 5.74) is 5.98. The van der Waals surface area contributed by atoms with E-state index < -0.39 is 5.41 Å². The lowest BCUT2D eigenvalue weighted by Gasteiger charge is -2.35. The topological polar surface area (TPSA) is 55.1 Å². The van der Waals surface area contributed by atoms with E-state index in [1.54, 1.807) is 0 Å². The molecule has 3 nitrogen and oxygen atoms in total. The molecule has 1 amide bonds. The third-order valence-electron chi connectivity index (χ3n) is 3.79. The summed E-state index contributed by atoms with van der Waals surface area (Å²) in [6, 6.07) is 9.85. The van der Waals surface area contributed by atoms with Gasteiger partial charge >= 0.3 is 0 Å². The molecule has 1 aromatic rings. The van der Waals surface area contributed by atoms with Crippen LogP contribution in [0.4, 0.5) is 0 Å². The van der Waals surface area contributed by atoms with Crippen LogP contribution in [0.25, 0.3) is 0 Å². The monoisotopic (exact) mass is 276 g/mol. The molecule has 112 valence electrons. The lowest BCUT2D eigenvalue weighted by atomic mass is 9.82. The minimum atomic E-state index is -0.561. The van der Waals surface area contributed by atoms with E-state index in [9.17, 15) is 4.79 Å². The lowest BCUT2D eigenvalue weighted by Crippen LogP contribution is -2.56. The minimum absolute atomic E-state index is 0.0253. The zero-order valence-corrected chi connectivity index (χ0v) is 13.4. The first-order valence-corrected chi connectivity index (χ1v) is 7.29. The van der Waals surface area contributed by atoms with E-state index in [-0.39, 0.29) is 11.4 Å². The molecule has 1 atom stereocenters. The Morgan fingerprint density at radius 3 is 2.20 bits per heavy atom. The van der Waals surface area contributed by atoms with Crippen molar-refractivity contribution < 1.29 is 4.79 Å². The number of carbonyl (C=O) groups is 1. The van der Waals surface area contributed by atoms with Gasteiger partial charge in [0.25, 0.3) is 0 Å². The summed E-state index contributed by atoms with van der Waals surface area (Å²) in [7, 11) is 0. The van der Waals surface area contributed by atoms with Crippen molar-refractivity contribution >= 4 is 5.91 Å². The molecule has 20 heavy (non-hydrogen) atoms. The van der Waals surface area contributed by atoms with Gasteiger partial charge in [-0.15, -0.1) is 0 Å². The van der Waals surface area contributed by atoms with Crippen LogP contribution in [0.15, 0.2) is 30.3 Å². The molecule has 0 bridgehead atoms. The summed E-state index contributed by atoms with van der Waals surface area (Å²) in [6.45, 7) is 10.6. The van der Waals surface area contributed by atoms with Crippen LogP contribution in [0.3, 0.4) is 0 Å². The number of amides is 1. The molecule has 1 rings (SSSR count). The molecule has 3 heteroatoms. The second-order valence-electron chi connectivity index (χ2n) is 6.81. The highest BCUT2D eigenvalue weighted by molar-refractivity contribution is 5.87. The number of rotatable bonds is 6. The van der Waals surface area contributed by atoms with Crippen LogP contribution in [-0.4, -0.2) is 18.0 Å². The van der Waals surface area contributed by atoms with Gasteiger partial charge in [0.2, 0.25) is 5.91 Å². The Morgan fingerprint density at radius 1 is 1.20 bits per heavy atom. The quantitative estimate of drug-likeness (QED) is 0.839. The number of benzene rings is 1. The molecule has 0 aliphatic carbocycles. The van der Waals surface area contributed by atoms with Gasteiger partial charge in [0.15, 0.2) is 0 Å². The van der Waals surface area contributed by atoms with Gasteiger partial charge in [-0.25, -0.2) is 0 Å². The summed E-state index contributed by atoms with van der Waals surface area (Å²) in [5.74, 6) is 0.515. The predicted octanol–water partition coefficient (Wildman–Crippen LogP) is 2.84. The third-order valence-corrected chi connectivity index (χ3v) is 3.79. The summed E-state index contributed by atoms with van der Waals surface area (Å²) in [4.78, 5) is 12.7. The molecule has 0 aromatic heterocycles. The van der Waals surface area contributed by atoms with E-state index in [0.29, 0.717) is 12.5 Å². The first kappa shape index (κ1) is 16.7. The van der Waals surface area contributed by atoms with Gasteiger partial charge < -0.3 is 11.1 Å². The fourth-order valence-corrected chi connectivity index (χ4v) is 2.50. The minimum Gasteiger partial charge on any atom is -0.349 e. The number of nitrogens with one attached hydrogen (secondary N) is 1. The Morgan fingerprint density at radius 2 is 1.75 bits per heavy atom. The molecule has 0 radical (unpaired) electrons. The van der Waals surface area contributed by atoms with E-state index in [0.717, 1.165) is 12.0 Å². The van der Waals surface area contributed by atoms with Crippen LogP contribution in [0.5, 0.6) is 0 Å². The average molecular weight is 276 g/mol. The van der Waals surface area contributed by atoms with Gasteiger partial charge in [-0.1, -0.05) is 44.2 Å². The zero-order chi connectivity index (χ0) is 15.4. The molecule has 0 spiro atoms. The maximum Gasteiger partial charge on any atom is 0.230 e. The Balaban J connectivity index is 2.89. The zero-order valence-electron chi connectivity index (χ0n) is 13.4. The molecule has 0 saturated carbocycles. The van der Waals surface area contributed by atoms with E-state index in [4.69, 9.17) is 5.73 Å². The number of nitrogens with two attached hydrogens (primary N) is 1. The van der Waals surface area contributed by atoms with Crippen LogP contribution in [0.2, 0.25) is 0 Å². The van der Waals surface area contributed by atoms with E-state index >= 15 is 0 Å². The van der Waals surface area contributed by atoms with Crippen molar-refractivity contribution in [3.63, 3.8) is 0 Å². The first-order valence-electron chi connectivity index (χ1n) is 7.29. The molecular formula is C17H28N2O. The highest BCUT2D eigenvalue weighted by Gasteiger charge is 2.34. The normalized spacial score (nSPS) is 14.9. The van der Waals surface area contributed by atoms with Crippen molar-refractivity contribution in [3.8, 4) is 0 Å². The van der Waals surface area contributed by atoms with Gasteiger partial charge in [0, 0.05) is 12.1 Å². The number of hydrogen-bond acceptors (Lipinski definition) is 2. The van der Waals surface area contributed by atoms with Crippen LogP contribution < -0.4 is 11.1 Å². The first-order chi connectivity index (χ1) is 9.21. The van der Waals surface area contributed by atoms with Gasteiger partial charge in [-0.3, -0.25) is 4.79 Å². The molecule has 1 unspecified atom stereocenters. The maximum absolute atomic E-state index is 12.7. The van der Waals surface area contributed by atoms with Crippen molar-refractivity contribution in [2.24, 2.45) is 11.7 Å². The smallest absolute Gasteiger partial charge is 0.230 e. The number of carbonyl (C=O) groups excluding carboxylic acids is 1. The molecule has 0 aliphatic heterocycles. The van der Waals surface area contributed by atoms with Crippen LogP contribution in [0.1, 0.15) is 46.6 Å². The second kappa shape index (κ2) is 6.40. The molecule has 3 N–H and O–H groups in total. The fraction of sp³-hybridized carbons (Fsp3) is 0.588. The maximum atomic E-state index is 12.7. The van der Waals surface area contributed by atoms with E-state index in [1.807, 2.05) is 51.1 Å². The number of hydrogen-bond donors (Lipinski definition) is 2. The summed E-state index contributed by atoms with van der Waals surface area (Å²) in [5, 5.41) is 3.15. The van der Waals surface area contributed by atoms with Crippen molar-refractivity contribution in [1.82, 2.24) is 5.32 Å². The predicted molar refractivity (Wildman–Crippen MR) is 84.5 cm³/mol. The highest BCUT2D eigenvalue weighted by Crippen LogP contribution is 2.25. The molecule has 0 fully saturated rings. The van der Waals surface area contributed by atoms with Crippen molar-refractivity contribution in [2.75, 3.05) is 6.54 Å². The summed E-state index contributed by atoms with van der Waals surface area (Å²) in [6.07, 6.45) is 0.875. The van der Waals surface area contributed by atoms with Crippen molar-refractivity contribution in [2.45, 2.75) is 52.0 Å². The molecule has 0 saturated heterocycles. The summed E-state index contributed by atoms with van der Waals surface area (Å²) < 4.78 is 0.